The molecule has 0 bridgehead atoms. The van der Waals surface area contributed by atoms with Crippen LogP contribution in [0, 0.1) is 0 Å². The maximum atomic E-state index is 5.99. The van der Waals surface area contributed by atoms with Crippen molar-refractivity contribution < 1.29 is 9.47 Å². The molecule has 1 aromatic carbocycles. The van der Waals surface area contributed by atoms with Crippen LogP contribution < -0.4 is 14.4 Å². The maximum Gasteiger partial charge on any atom is 0.147 e. The van der Waals surface area contributed by atoms with Crippen molar-refractivity contribution in [1.29, 1.82) is 0 Å². The highest BCUT2D eigenvalue weighted by atomic mass is 35.5. The fourth-order valence-corrected chi connectivity index (χ4v) is 2.28. The number of halogens is 2. The van der Waals surface area contributed by atoms with Gasteiger partial charge in [-0.2, -0.15) is 0 Å². The van der Waals surface area contributed by atoms with E-state index >= 15 is 0 Å². The van der Waals surface area contributed by atoms with Gasteiger partial charge in [0.1, 0.15) is 11.5 Å². The lowest BCUT2D eigenvalue weighted by Crippen LogP contribution is -2.14. The largest absolute Gasteiger partial charge is 0.496 e. The van der Waals surface area contributed by atoms with Crippen LogP contribution in [0.2, 0.25) is 0 Å². The summed E-state index contributed by atoms with van der Waals surface area (Å²) in [4.78, 5) is 1.95. The van der Waals surface area contributed by atoms with Gasteiger partial charge < -0.3 is 14.4 Å². The Balaban J connectivity index is 3.57. The SMILES string of the molecule is COc1cc(CCl)c(OC)c(N(C)C)c1CCl. The molecule has 0 amide bonds. The Morgan fingerprint density at radius 2 is 1.76 bits per heavy atom. The van der Waals surface area contributed by atoms with Crippen molar-refractivity contribution in [3.05, 3.63) is 17.2 Å². The zero-order chi connectivity index (χ0) is 13.0. The topological polar surface area (TPSA) is 21.7 Å². The molecule has 96 valence electrons. The summed E-state index contributed by atoms with van der Waals surface area (Å²) in [5, 5.41) is 0. The molecule has 5 heteroatoms. The summed E-state index contributed by atoms with van der Waals surface area (Å²) in [6, 6.07) is 1.87. The average molecular weight is 278 g/mol. The van der Waals surface area contributed by atoms with Crippen molar-refractivity contribution >= 4 is 28.9 Å². The number of ether oxygens (including phenoxy) is 2. The van der Waals surface area contributed by atoms with Crippen LogP contribution in [0.4, 0.5) is 5.69 Å². The van der Waals surface area contributed by atoms with Crippen LogP contribution in [0.3, 0.4) is 0 Å². The highest BCUT2D eigenvalue weighted by Crippen LogP contribution is 2.41. The Bertz CT molecular complexity index is 364. The highest BCUT2D eigenvalue weighted by Gasteiger charge is 2.19. The van der Waals surface area contributed by atoms with Gasteiger partial charge in [-0.05, 0) is 6.07 Å². The molecule has 0 N–H and O–H groups in total. The first-order chi connectivity index (χ1) is 8.10. The van der Waals surface area contributed by atoms with Crippen molar-refractivity contribution in [1.82, 2.24) is 0 Å². The van der Waals surface area contributed by atoms with E-state index in [9.17, 15) is 0 Å². The summed E-state index contributed by atoms with van der Waals surface area (Å²) in [6.07, 6.45) is 0. The van der Waals surface area contributed by atoms with E-state index in [1.807, 2.05) is 25.1 Å². The quantitative estimate of drug-likeness (QED) is 0.772. The number of rotatable bonds is 5. The Morgan fingerprint density at radius 1 is 1.12 bits per heavy atom. The number of methoxy groups -OCH3 is 2. The monoisotopic (exact) mass is 277 g/mol. The van der Waals surface area contributed by atoms with Gasteiger partial charge >= 0.3 is 0 Å². The third kappa shape index (κ3) is 2.72. The smallest absolute Gasteiger partial charge is 0.147 e. The molecular formula is C12H17Cl2NO2. The zero-order valence-corrected chi connectivity index (χ0v) is 12.0. The van der Waals surface area contributed by atoms with Gasteiger partial charge in [-0.25, -0.2) is 0 Å². The minimum Gasteiger partial charge on any atom is -0.496 e. The molecule has 0 saturated heterocycles. The van der Waals surface area contributed by atoms with E-state index in [1.165, 1.54) is 0 Å². The molecule has 3 nitrogen and oxygen atoms in total. The second-order valence-electron chi connectivity index (χ2n) is 3.76. The molecule has 0 spiro atoms. The second-order valence-corrected chi connectivity index (χ2v) is 4.29. The third-order valence-corrected chi connectivity index (χ3v) is 3.10. The lowest BCUT2D eigenvalue weighted by atomic mass is 10.1. The van der Waals surface area contributed by atoms with E-state index in [-0.39, 0.29) is 0 Å². The first-order valence-corrected chi connectivity index (χ1v) is 6.23. The van der Waals surface area contributed by atoms with Crippen molar-refractivity contribution in [2.75, 3.05) is 33.2 Å². The zero-order valence-electron chi connectivity index (χ0n) is 10.5. The Kier molecular flexibility index (Phi) is 5.22. The standard InChI is InChI=1S/C12H17Cl2NO2/c1-15(2)11-9(7-14)10(16-3)5-8(6-13)12(11)17-4/h5H,6-7H2,1-4H3. The number of benzene rings is 1. The van der Waals surface area contributed by atoms with E-state index in [4.69, 9.17) is 32.7 Å². The molecule has 1 aromatic rings. The van der Waals surface area contributed by atoms with Crippen molar-refractivity contribution in [2.45, 2.75) is 11.8 Å². The van der Waals surface area contributed by atoms with E-state index in [0.717, 1.165) is 28.3 Å². The summed E-state index contributed by atoms with van der Waals surface area (Å²) < 4.78 is 10.8. The van der Waals surface area contributed by atoms with Gasteiger partial charge in [0.25, 0.3) is 0 Å². The van der Waals surface area contributed by atoms with Gasteiger partial charge in [-0.1, -0.05) is 0 Å². The minimum absolute atomic E-state index is 0.357. The molecule has 0 heterocycles. The fourth-order valence-electron chi connectivity index (χ4n) is 1.83. The number of hydrogen-bond acceptors (Lipinski definition) is 3. The lowest BCUT2D eigenvalue weighted by molar-refractivity contribution is 0.398. The average Bonchev–Trinajstić information content (AvgIpc) is 2.35. The molecular weight excluding hydrogens is 261 g/mol. The first kappa shape index (κ1) is 14.3. The molecule has 0 aromatic heterocycles. The Morgan fingerprint density at radius 3 is 2.12 bits per heavy atom. The highest BCUT2D eigenvalue weighted by molar-refractivity contribution is 6.18. The van der Waals surface area contributed by atoms with Crippen LogP contribution >= 0.6 is 23.2 Å². The third-order valence-electron chi connectivity index (χ3n) is 2.54. The predicted octanol–water partition coefficient (Wildman–Crippen LogP) is 3.25. The molecule has 0 unspecified atom stereocenters. The first-order valence-electron chi connectivity index (χ1n) is 5.16. The fraction of sp³-hybridized carbons (Fsp3) is 0.500. The van der Waals surface area contributed by atoms with Crippen molar-refractivity contribution in [3.8, 4) is 11.5 Å². The van der Waals surface area contributed by atoms with Crippen LogP contribution in [0.5, 0.6) is 11.5 Å². The van der Waals surface area contributed by atoms with Gasteiger partial charge in [-0.3, -0.25) is 0 Å². The van der Waals surface area contributed by atoms with Crippen molar-refractivity contribution in [2.24, 2.45) is 0 Å². The lowest BCUT2D eigenvalue weighted by Gasteiger charge is -2.23. The molecule has 0 saturated carbocycles. The molecule has 0 atom stereocenters. The molecule has 0 aliphatic carbocycles. The Labute approximate surface area is 112 Å². The molecule has 0 fully saturated rings. The number of alkyl halides is 2. The summed E-state index contributed by atoms with van der Waals surface area (Å²) in [6.45, 7) is 0. The van der Waals surface area contributed by atoms with E-state index in [0.29, 0.717) is 11.8 Å². The van der Waals surface area contributed by atoms with Gasteiger partial charge in [0.15, 0.2) is 0 Å². The predicted molar refractivity (Wildman–Crippen MR) is 73.0 cm³/mol. The van der Waals surface area contributed by atoms with Gasteiger partial charge in [0.2, 0.25) is 0 Å². The van der Waals surface area contributed by atoms with Crippen LogP contribution in [-0.2, 0) is 11.8 Å². The molecule has 0 aliphatic heterocycles. The number of nitrogens with zero attached hydrogens (tertiary/aromatic N) is 1. The molecule has 0 aliphatic rings. The van der Waals surface area contributed by atoms with Crippen LogP contribution in [0.15, 0.2) is 6.07 Å². The number of anilines is 1. The maximum absolute atomic E-state index is 5.99. The molecule has 17 heavy (non-hydrogen) atoms. The van der Waals surface area contributed by atoms with E-state index in [1.54, 1.807) is 14.2 Å². The summed E-state index contributed by atoms with van der Waals surface area (Å²) in [5.74, 6) is 2.21. The number of hydrogen-bond donors (Lipinski definition) is 0. The van der Waals surface area contributed by atoms with Gasteiger partial charge in [-0.15, -0.1) is 23.2 Å². The van der Waals surface area contributed by atoms with E-state index < -0.39 is 0 Å². The van der Waals surface area contributed by atoms with Gasteiger partial charge in [0.05, 0.1) is 31.7 Å². The summed E-state index contributed by atoms with van der Waals surface area (Å²) in [5.41, 5.74) is 2.71. The second kappa shape index (κ2) is 6.22. The van der Waals surface area contributed by atoms with Crippen molar-refractivity contribution in [3.63, 3.8) is 0 Å². The summed E-state index contributed by atoms with van der Waals surface area (Å²) in [7, 11) is 7.12. The van der Waals surface area contributed by atoms with E-state index in [2.05, 4.69) is 0 Å². The minimum atomic E-state index is 0.357. The van der Waals surface area contributed by atoms with Crippen LogP contribution in [0.25, 0.3) is 0 Å². The van der Waals surface area contributed by atoms with Gasteiger partial charge in [0, 0.05) is 25.2 Å². The molecule has 1 rings (SSSR count). The molecule has 0 radical (unpaired) electrons. The van der Waals surface area contributed by atoms with Crippen LogP contribution in [0.1, 0.15) is 11.1 Å². The normalized spacial score (nSPS) is 10.2. The van der Waals surface area contributed by atoms with Crippen LogP contribution in [-0.4, -0.2) is 28.3 Å². The summed E-state index contributed by atoms with van der Waals surface area (Å²) >= 11 is 11.9. The Hall–Kier alpha value is -0.800.